The molecular weight excluding hydrogens is 320 g/mol. The van der Waals surface area contributed by atoms with Gasteiger partial charge in [-0.1, -0.05) is 0 Å². The number of hydrogen-bond acceptors (Lipinski definition) is 4. The van der Waals surface area contributed by atoms with Gasteiger partial charge in [-0.2, -0.15) is 5.10 Å². The Balaban J connectivity index is 2.29. The SMILES string of the molecule is CC(N)C1CCCN(c2cnn(C(C)C)c(=O)c2Br)C1. The van der Waals surface area contributed by atoms with Crippen LogP contribution >= 0.6 is 15.9 Å². The molecule has 1 aliphatic heterocycles. The average molecular weight is 343 g/mol. The van der Waals surface area contributed by atoms with Crippen LogP contribution in [0.15, 0.2) is 15.5 Å². The van der Waals surface area contributed by atoms with E-state index in [1.54, 1.807) is 6.20 Å². The Labute approximate surface area is 128 Å². The molecule has 112 valence electrons. The molecule has 1 saturated heterocycles. The minimum Gasteiger partial charge on any atom is -0.369 e. The third-order valence-corrected chi connectivity index (χ3v) is 4.70. The van der Waals surface area contributed by atoms with Crippen molar-refractivity contribution in [1.82, 2.24) is 9.78 Å². The van der Waals surface area contributed by atoms with E-state index in [9.17, 15) is 4.79 Å². The molecule has 1 aromatic heterocycles. The summed E-state index contributed by atoms with van der Waals surface area (Å²) in [5.74, 6) is 0.475. The minimum absolute atomic E-state index is 0.0611. The van der Waals surface area contributed by atoms with Crippen molar-refractivity contribution in [3.63, 3.8) is 0 Å². The molecule has 5 nitrogen and oxygen atoms in total. The van der Waals surface area contributed by atoms with Gasteiger partial charge in [0.25, 0.3) is 5.56 Å². The second-order valence-electron chi connectivity index (χ2n) is 5.89. The summed E-state index contributed by atoms with van der Waals surface area (Å²) in [5, 5.41) is 4.28. The second-order valence-corrected chi connectivity index (χ2v) is 6.69. The molecule has 20 heavy (non-hydrogen) atoms. The number of rotatable bonds is 3. The van der Waals surface area contributed by atoms with Gasteiger partial charge in [0.1, 0.15) is 4.47 Å². The maximum atomic E-state index is 12.3. The predicted octanol–water partition coefficient (Wildman–Crippen LogP) is 2.15. The summed E-state index contributed by atoms with van der Waals surface area (Å²) in [5.41, 5.74) is 6.84. The molecule has 1 fully saturated rings. The molecule has 0 aromatic carbocycles. The highest BCUT2D eigenvalue weighted by molar-refractivity contribution is 9.10. The number of piperidine rings is 1. The van der Waals surface area contributed by atoms with Crippen LogP contribution in [0.4, 0.5) is 5.69 Å². The van der Waals surface area contributed by atoms with E-state index in [-0.39, 0.29) is 17.6 Å². The van der Waals surface area contributed by atoms with Crippen molar-refractivity contribution < 1.29 is 0 Å². The first-order valence-electron chi connectivity index (χ1n) is 7.19. The zero-order valence-electron chi connectivity index (χ0n) is 12.3. The zero-order chi connectivity index (χ0) is 14.9. The molecule has 1 aliphatic rings. The van der Waals surface area contributed by atoms with Crippen molar-refractivity contribution in [2.24, 2.45) is 11.7 Å². The van der Waals surface area contributed by atoms with Gasteiger partial charge in [0, 0.05) is 19.1 Å². The number of nitrogens with zero attached hydrogens (tertiary/aromatic N) is 3. The van der Waals surface area contributed by atoms with Crippen LogP contribution in [0, 0.1) is 5.92 Å². The van der Waals surface area contributed by atoms with Crippen LogP contribution < -0.4 is 16.2 Å². The molecule has 0 bridgehead atoms. The fraction of sp³-hybridized carbons (Fsp3) is 0.714. The fourth-order valence-corrected chi connectivity index (χ4v) is 3.22. The Bertz CT molecular complexity index is 526. The first-order valence-corrected chi connectivity index (χ1v) is 7.99. The monoisotopic (exact) mass is 342 g/mol. The third kappa shape index (κ3) is 3.06. The van der Waals surface area contributed by atoms with Crippen molar-refractivity contribution in [2.75, 3.05) is 18.0 Å². The molecule has 2 heterocycles. The Morgan fingerprint density at radius 3 is 2.75 bits per heavy atom. The van der Waals surface area contributed by atoms with E-state index in [1.807, 2.05) is 13.8 Å². The Morgan fingerprint density at radius 2 is 2.15 bits per heavy atom. The molecule has 2 unspecified atom stereocenters. The van der Waals surface area contributed by atoms with Crippen molar-refractivity contribution in [3.05, 3.63) is 21.0 Å². The Morgan fingerprint density at radius 1 is 1.45 bits per heavy atom. The first-order chi connectivity index (χ1) is 9.41. The maximum absolute atomic E-state index is 12.3. The van der Waals surface area contributed by atoms with Crippen molar-refractivity contribution in [3.8, 4) is 0 Å². The number of nitrogens with two attached hydrogens (primary N) is 1. The van der Waals surface area contributed by atoms with Crippen molar-refractivity contribution >= 4 is 21.6 Å². The molecule has 0 radical (unpaired) electrons. The van der Waals surface area contributed by atoms with Gasteiger partial charge in [0.05, 0.1) is 17.9 Å². The quantitative estimate of drug-likeness (QED) is 0.913. The van der Waals surface area contributed by atoms with E-state index in [1.165, 1.54) is 4.68 Å². The normalized spacial score (nSPS) is 21.3. The van der Waals surface area contributed by atoms with Crippen molar-refractivity contribution in [1.29, 1.82) is 0 Å². The van der Waals surface area contributed by atoms with Gasteiger partial charge < -0.3 is 10.6 Å². The minimum atomic E-state index is -0.0691. The van der Waals surface area contributed by atoms with Gasteiger partial charge in [-0.05, 0) is 55.5 Å². The smallest absolute Gasteiger partial charge is 0.283 e. The molecule has 0 spiro atoms. The van der Waals surface area contributed by atoms with Gasteiger partial charge in [-0.3, -0.25) is 4.79 Å². The zero-order valence-corrected chi connectivity index (χ0v) is 13.9. The molecule has 2 rings (SSSR count). The first kappa shape index (κ1) is 15.5. The van der Waals surface area contributed by atoms with Crippen LogP contribution in [0.1, 0.15) is 39.7 Å². The van der Waals surface area contributed by atoms with E-state index in [4.69, 9.17) is 5.73 Å². The van der Waals surface area contributed by atoms with Crippen LogP contribution in [0.5, 0.6) is 0 Å². The average Bonchev–Trinajstić information content (AvgIpc) is 2.41. The fourth-order valence-electron chi connectivity index (χ4n) is 2.68. The summed E-state index contributed by atoms with van der Waals surface area (Å²) in [6, 6.07) is 0.242. The molecular formula is C14H23BrN4O. The van der Waals surface area contributed by atoms with Gasteiger partial charge >= 0.3 is 0 Å². The standard InChI is InChI=1S/C14H23BrN4O/c1-9(2)19-14(20)13(15)12(7-17-19)18-6-4-5-11(8-18)10(3)16/h7,9-11H,4-6,8,16H2,1-3H3. The van der Waals surface area contributed by atoms with Crippen LogP contribution in [-0.4, -0.2) is 28.9 Å². The molecule has 0 saturated carbocycles. The van der Waals surface area contributed by atoms with Crippen LogP contribution in [-0.2, 0) is 0 Å². The van der Waals surface area contributed by atoms with Crippen LogP contribution in [0.3, 0.4) is 0 Å². The largest absolute Gasteiger partial charge is 0.369 e. The van der Waals surface area contributed by atoms with Gasteiger partial charge in [0.15, 0.2) is 0 Å². The lowest BCUT2D eigenvalue weighted by molar-refractivity contribution is 0.363. The number of halogens is 1. The molecule has 0 amide bonds. The lowest BCUT2D eigenvalue weighted by Gasteiger charge is -2.36. The van der Waals surface area contributed by atoms with Crippen LogP contribution in [0.25, 0.3) is 0 Å². The maximum Gasteiger partial charge on any atom is 0.283 e. The van der Waals surface area contributed by atoms with E-state index in [0.29, 0.717) is 10.4 Å². The molecule has 2 N–H and O–H groups in total. The Kier molecular flexibility index (Phi) is 4.86. The lowest BCUT2D eigenvalue weighted by Crippen LogP contribution is -2.43. The van der Waals surface area contributed by atoms with Gasteiger partial charge in [-0.25, -0.2) is 4.68 Å². The predicted molar refractivity (Wildman–Crippen MR) is 85.2 cm³/mol. The van der Waals surface area contributed by atoms with E-state index >= 15 is 0 Å². The summed E-state index contributed by atoms with van der Waals surface area (Å²) < 4.78 is 2.10. The Hall–Kier alpha value is -0.880. The molecule has 6 heteroatoms. The summed E-state index contributed by atoms with van der Waals surface area (Å²) in [7, 11) is 0. The van der Waals surface area contributed by atoms with Gasteiger partial charge in [-0.15, -0.1) is 0 Å². The highest BCUT2D eigenvalue weighted by Crippen LogP contribution is 2.28. The van der Waals surface area contributed by atoms with E-state index in [2.05, 4.69) is 32.9 Å². The highest BCUT2D eigenvalue weighted by Gasteiger charge is 2.25. The van der Waals surface area contributed by atoms with E-state index in [0.717, 1.165) is 31.6 Å². The number of aromatic nitrogens is 2. The van der Waals surface area contributed by atoms with Gasteiger partial charge in [0.2, 0.25) is 0 Å². The molecule has 2 atom stereocenters. The van der Waals surface area contributed by atoms with E-state index < -0.39 is 0 Å². The highest BCUT2D eigenvalue weighted by atomic mass is 79.9. The summed E-state index contributed by atoms with van der Waals surface area (Å²) in [6.45, 7) is 7.80. The number of hydrogen-bond donors (Lipinski definition) is 1. The third-order valence-electron chi connectivity index (χ3n) is 3.96. The van der Waals surface area contributed by atoms with Crippen LogP contribution in [0.2, 0.25) is 0 Å². The molecule has 1 aromatic rings. The molecule has 0 aliphatic carbocycles. The second kappa shape index (κ2) is 6.26. The lowest BCUT2D eigenvalue weighted by atomic mass is 9.92. The van der Waals surface area contributed by atoms with Crippen molar-refractivity contribution in [2.45, 2.75) is 45.7 Å². The number of anilines is 1. The summed E-state index contributed by atoms with van der Waals surface area (Å²) in [6.07, 6.45) is 4.04. The topological polar surface area (TPSA) is 64.2 Å². The summed E-state index contributed by atoms with van der Waals surface area (Å²) in [4.78, 5) is 14.5. The summed E-state index contributed by atoms with van der Waals surface area (Å²) >= 11 is 3.45.